The monoisotopic (exact) mass is 212 g/mol. The molecule has 0 atom stereocenters. The summed E-state index contributed by atoms with van der Waals surface area (Å²) in [5, 5.41) is 4.16. The first kappa shape index (κ1) is 11.3. The van der Waals surface area contributed by atoms with Crippen LogP contribution in [-0.4, -0.2) is 16.0 Å². The average molecular weight is 212 g/mol. The van der Waals surface area contributed by atoms with E-state index in [1.807, 2.05) is 34.0 Å². The topological polar surface area (TPSA) is 34.9 Å². The maximum atomic E-state index is 11.9. The van der Waals surface area contributed by atoms with Crippen molar-refractivity contribution in [2.24, 2.45) is 0 Å². The zero-order valence-electron chi connectivity index (χ0n) is 9.29. The predicted molar refractivity (Wildman–Crippen MR) is 60.0 cm³/mol. The summed E-state index contributed by atoms with van der Waals surface area (Å²) in [5.41, 5.74) is 0.533. The van der Waals surface area contributed by atoms with E-state index < -0.39 is 0 Å². The quantitative estimate of drug-likeness (QED) is 0.668. The van der Waals surface area contributed by atoms with E-state index in [9.17, 15) is 4.79 Å². The molecule has 0 spiro atoms. The second-order valence-corrected chi connectivity index (χ2v) is 5.07. The highest BCUT2D eigenvalue weighted by atomic mass is 32.2. The van der Waals surface area contributed by atoms with E-state index in [2.05, 4.69) is 5.10 Å². The van der Waals surface area contributed by atoms with E-state index in [-0.39, 0.29) is 11.1 Å². The number of nitrogens with zero attached hydrogens (tertiary/aromatic N) is 2. The zero-order chi connectivity index (χ0) is 10.9. The Labute approximate surface area is 88.5 Å². The van der Waals surface area contributed by atoms with E-state index in [0.717, 1.165) is 10.5 Å². The predicted octanol–water partition coefficient (Wildman–Crippen LogP) is 2.03. The Bertz CT molecular complexity index is 390. The average Bonchev–Trinajstić information content (AvgIpc) is 2.07. The van der Waals surface area contributed by atoms with Crippen LogP contribution in [0, 0.1) is 6.92 Å². The van der Waals surface area contributed by atoms with Crippen molar-refractivity contribution in [3.63, 3.8) is 0 Å². The number of hydrogen-bond acceptors (Lipinski definition) is 3. The van der Waals surface area contributed by atoms with Gasteiger partial charge in [-0.3, -0.25) is 4.79 Å². The van der Waals surface area contributed by atoms with Crippen LogP contribution in [0.15, 0.2) is 15.9 Å². The lowest BCUT2D eigenvalue weighted by atomic mass is 10.1. The molecule has 0 aliphatic carbocycles. The summed E-state index contributed by atoms with van der Waals surface area (Å²) < 4.78 is 1.53. The normalized spacial score (nSPS) is 11.8. The molecule has 1 aromatic rings. The van der Waals surface area contributed by atoms with Crippen molar-refractivity contribution >= 4 is 11.8 Å². The van der Waals surface area contributed by atoms with Crippen LogP contribution in [0.3, 0.4) is 0 Å². The molecule has 78 valence electrons. The van der Waals surface area contributed by atoms with E-state index in [0.29, 0.717) is 0 Å². The summed E-state index contributed by atoms with van der Waals surface area (Å²) in [7, 11) is 0. The molecule has 0 N–H and O–H groups in total. The summed E-state index contributed by atoms with van der Waals surface area (Å²) in [5.74, 6) is 0. The van der Waals surface area contributed by atoms with Crippen molar-refractivity contribution < 1.29 is 0 Å². The minimum Gasteiger partial charge on any atom is -0.267 e. The lowest BCUT2D eigenvalue weighted by Crippen LogP contribution is -2.37. The molecule has 0 aliphatic rings. The third kappa shape index (κ3) is 2.00. The van der Waals surface area contributed by atoms with Gasteiger partial charge >= 0.3 is 0 Å². The minimum atomic E-state index is -0.251. The van der Waals surface area contributed by atoms with Crippen molar-refractivity contribution in [1.29, 1.82) is 0 Å². The van der Waals surface area contributed by atoms with Crippen LogP contribution in [-0.2, 0) is 5.54 Å². The van der Waals surface area contributed by atoms with Crippen LogP contribution in [0.4, 0.5) is 0 Å². The highest BCUT2D eigenvalue weighted by Gasteiger charge is 2.17. The highest BCUT2D eigenvalue weighted by molar-refractivity contribution is 7.98. The molecule has 1 rings (SSSR count). The first-order chi connectivity index (χ1) is 6.38. The zero-order valence-corrected chi connectivity index (χ0v) is 10.1. The van der Waals surface area contributed by atoms with E-state index in [1.165, 1.54) is 4.68 Å². The van der Waals surface area contributed by atoms with Crippen LogP contribution in [0.1, 0.15) is 26.3 Å². The van der Waals surface area contributed by atoms with Gasteiger partial charge in [-0.15, -0.1) is 11.8 Å². The molecule has 0 radical (unpaired) electrons. The summed E-state index contributed by atoms with van der Waals surface area (Å²) >= 11 is 1.55. The van der Waals surface area contributed by atoms with Gasteiger partial charge in [0.2, 0.25) is 0 Å². The van der Waals surface area contributed by atoms with Crippen LogP contribution < -0.4 is 5.56 Å². The molecule has 4 heteroatoms. The van der Waals surface area contributed by atoms with E-state index >= 15 is 0 Å². The first-order valence-corrected chi connectivity index (χ1v) is 5.74. The Hall–Kier alpha value is -0.770. The number of hydrogen-bond donors (Lipinski definition) is 0. The van der Waals surface area contributed by atoms with Crippen LogP contribution in [0.25, 0.3) is 0 Å². The van der Waals surface area contributed by atoms with E-state index in [4.69, 9.17) is 0 Å². The Morgan fingerprint density at radius 2 is 2.00 bits per heavy atom. The molecule has 1 aromatic heterocycles. The second-order valence-electron chi connectivity index (χ2n) is 4.23. The SMILES string of the molecule is CSc1cnn(C(C)(C)C)c(=O)c1C. The third-order valence-corrected chi connectivity index (χ3v) is 2.88. The summed E-state index contributed by atoms with van der Waals surface area (Å²) in [6.07, 6.45) is 3.71. The van der Waals surface area contributed by atoms with Gasteiger partial charge in [-0.2, -0.15) is 5.10 Å². The van der Waals surface area contributed by atoms with Gasteiger partial charge in [0.1, 0.15) is 0 Å². The van der Waals surface area contributed by atoms with Crippen molar-refractivity contribution in [1.82, 2.24) is 9.78 Å². The van der Waals surface area contributed by atoms with Crippen molar-refractivity contribution in [2.75, 3.05) is 6.26 Å². The van der Waals surface area contributed by atoms with Gasteiger partial charge in [0, 0.05) is 10.5 Å². The van der Waals surface area contributed by atoms with Gasteiger partial charge in [0.15, 0.2) is 0 Å². The Morgan fingerprint density at radius 3 is 2.43 bits per heavy atom. The molecule has 0 aromatic carbocycles. The van der Waals surface area contributed by atoms with Crippen LogP contribution in [0.2, 0.25) is 0 Å². The first-order valence-electron chi connectivity index (χ1n) is 4.51. The number of aromatic nitrogens is 2. The smallest absolute Gasteiger partial charge is 0.267 e. The molecule has 1 heterocycles. The van der Waals surface area contributed by atoms with Crippen molar-refractivity contribution in [3.05, 3.63) is 22.1 Å². The fraction of sp³-hybridized carbons (Fsp3) is 0.600. The molecule has 0 bridgehead atoms. The second kappa shape index (κ2) is 3.77. The Kier molecular flexibility index (Phi) is 3.04. The van der Waals surface area contributed by atoms with Crippen molar-refractivity contribution in [2.45, 2.75) is 38.1 Å². The molecule has 3 nitrogen and oxygen atoms in total. The van der Waals surface area contributed by atoms with Gasteiger partial charge in [-0.1, -0.05) is 0 Å². The van der Waals surface area contributed by atoms with Gasteiger partial charge in [-0.25, -0.2) is 4.68 Å². The molecule has 0 fully saturated rings. The fourth-order valence-corrected chi connectivity index (χ4v) is 1.75. The molecule has 14 heavy (non-hydrogen) atoms. The molecule has 0 saturated heterocycles. The standard InChI is InChI=1S/C10H16N2OS/c1-7-8(14-5)6-11-12(9(7)13)10(2,3)4/h6H,1-5H3. The molecule has 0 unspecified atom stereocenters. The van der Waals surface area contributed by atoms with Crippen LogP contribution >= 0.6 is 11.8 Å². The Balaban J connectivity index is 3.40. The minimum absolute atomic E-state index is 0.00403. The van der Waals surface area contributed by atoms with Gasteiger partial charge in [0.25, 0.3) is 5.56 Å². The third-order valence-electron chi connectivity index (χ3n) is 2.03. The fourth-order valence-electron chi connectivity index (χ4n) is 1.21. The molecular weight excluding hydrogens is 196 g/mol. The molecule has 0 aliphatic heterocycles. The molecular formula is C10H16N2OS. The number of rotatable bonds is 1. The van der Waals surface area contributed by atoms with E-state index in [1.54, 1.807) is 18.0 Å². The molecule has 0 amide bonds. The summed E-state index contributed by atoms with van der Waals surface area (Å²) in [6, 6.07) is 0. The summed E-state index contributed by atoms with van der Waals surface area (Å²) in [6.45, 7) is 7.76. The van der Waals surface area contributed by atoms with Gasteiger partial charge in [0.05, 0.1) is 11.7 Å². The number of thioether (sulfide) groups is 1. The molecule has 0 saturated carbocycles. The maximum absolute atomic E-state index is 11.9. The summed E-state index contributed by atoms with van der Waals surface area (Å²) in [4.78, 5) is 12.8. The van der Waals surface area contributed by atoms with Gasteiger partial charge < -0.3 is 0 Å². The van der Waals surface area contributed by atoms with Crippen molar-refractivity contribution in [3.8, 4) is 0 Å². The van der Waals surface area contributed by atoms with Crippen LogP contribution in [0.5, 0.6) is 0 Å². The lowest BCUT2D eigenvalue weighted by Gasteiger charge is -2.21. The van der Waals surface area contributed by atoms with Gasteiger partial charge in [-0.05, 0) is 34.0 Å². The largest absolute Gasteiger partial charge is 0.271 e. The highest BCUT2D eigenvalue weighted by Crippen LogP contribution is 2.16. The maximum Gasteiger partial charge on any atom is 0.271 e. The Morgan fingerprint density at radius 1 is 1.43 bits per heavy atom. The lowest BCUT2D eigenvalue weighted by molar-refractivity contribution is 0.334.